The number of hydrogen-bond acceptors (Lipinski definition) is 6. The molecule has 8 nitrogen and oxygen atoms in total. The molecule has 0 radical (unpaired) electrons. The summed E-state index contributed by atoms with van der Waals surface area (Å²) in [6, 6.07) is 18.0. The highest BCUT2D eigenvalue weighted by Crippen LogP contribution is 2.34. The van der Waals surface area contributed by atoms with Crippen LogP contribution in [0.4, 0.5) is 0 Å². The molecule has 0 bridgehead atoms. The number of rotatable bonds is 8. The summed E-state index contributed by atoms with van der Waals surface area (Å²) in [5, 5.41) is 14.1. The molecule has 4 aromatic rings. The third-order valence-electron chi connectivity index (χ3n) is 6.03. The van der Waals surface area contributed by atoms with E-state index in [4.69, 9.17) is 19.6 Å². The normalized spacial score (nSPS) is 12.3. The Balaban J connectivity index is 1.88. The van der Waals surface area contributed by atoms with Gasteiger partial charge in [-0.05, 0) is 72.9 Å². The van der Waals surface area contributed by atoms with Gasteiger partial charge in [0.15, 0.2) is 11.9 Å². The monoisotopic (exact) mass is 499 g/mol. The predicted octanol–water partition coefficient (Wildman–Crippen LogP) is 5.24. The fourth-order valence-electron chi connectivity index (χ4n) is 4.02. The average Bonchev–Trinajstić information content (AvgIpc) is 2.88. The molecule has 0 amide bonds. The fourth-order valence-corrected chi connectivity index (χ4v) is 4.02. The number of aliphatic carboxylic acids is 1. The Hall–Kier alpha value is -4.46. The molecule has 0 aliphatic rings. The molecule has 8 heteroatoms. The number of methoxy groups -OCH3 is 1. The highest BCUT2D eigenvalue weighted by molar-refractivity contribution is 5.83. The number of aromatic nitrogens is 2. The Morgan fingerprint density at radius 1 is 1.08 bits per heavy atom. The number of para-hydroxylation sites is 1. The second-order valence-electron chi connectivity index (χ2n) is 9.05. The number of carboxylic acids is 1. The van der Waals surface area contributed by atoms with Gasteiger partial charge in [-0.25, -0.2) is 9.78 Å². The van der Waals surface area contributed by atoms with E-state index in [2.05, 4.69) is 18.9 Å². The Morgan fingerprint density at radius 2 is 1.84 bits per heavy atom. The first-order valence-electron chi connectivity index (χ1n) is 11.9. The van der Waals surface area contributed by atoms with E-state index in [1.165, 1.54) is 17.8 Å². The summed E-state index contributed by atoms with van der Waals surface area (Å²) in [6.07, 6.45) is 0.529. The molecule has 4 rings (SSSR count). The quantitative estimate of drug-likeness (QED) is 0.333. The Kier molecular flexibility index (Phi) is 7.38. The standard InChI is InChI=1S/C29H29N3O5/c1-17(2)23-15-24(18(3)13-26(23)36-5)27-31-25-12-7-6-11-22(25)28(33)32(27)30-16-20-9-8-10-21(14-20)37-19(4)29(34)35/h6-17,19H,1-5H3,(H,34,35)/t19-/m0/s1. The highest BCUT2D eigenvalue weighted by Gasteiger charge is 2.18. The molecule has 0 spiro atoms. The molecule has 1 aromatic heterocycles. The van der Waals surface area contributed by atoms with Gasteiger partial charge in [0, 0.05) is 5.56 Å². The number of ether oxygens (including phenoxy) is 2. The van der Waals surface area contributed by atoms with Crippen LogP contribution in [0.1, 0.15) is 43.4 Å². The van der Waals surface area contributed by atoms with E-state index < -0.39 is 12.1 Å². The van der Waals surface area contributed by atoms with Gasteiger partial charge in [0.25, 0.3) is 5.56 Å². The van der Waals surface area contributed by atoms with Gasteiger partial charge < -0.3 is 14.6 Å². The second kappa shape index (κ2) is 10.7. The van der Waals surface area contributed by atoms with Gasteiger partial charge in [-0.15, -0.1) is 0 Å². The van der Waals surface area contributed by atoms with Gasteiger partial charge in [0.1, 0.15) is 11.5 Å². The number of hydrogen-bond donors (Lipinski definition) is 1. The van der Waals surface area contributed by atoms with Gasteiger partial charge in [0.2, 0.25) is 0 Å². The molecule has 0 saturated carbocycles. The first-order valence-corrected chi connectivity index (χ1v) is 11.9. The molecular formula is C29H29N3O5. The third-order valence-corrected chi connectivity index (χ3v) is 6.03. The van der Waals surface area contributed by atoms with Crippen molar-refractivity contribution in [3.8, 4) is 22.9 Å². The molecule has 0 aliphatic carbocycles. The predicted molar refractivity (Wildman–Crippen MR) is 144 cm³/mol. The van der Waals surface area contributed by atoms with Crippen LogP contribution in [0, 0.1) is 6.92 Å². The second-order valence-corrected chi connectivity index (χ2v) is 9.05. The molecule has 190 valence electrons. The van der Waals surface area contributed by atoms with Crippen LogP contribution in [0.2, 0.25) is 0 Å². The Morgan fingerprint density at radius 3 is 2.54 bits per heavy atom. The number of fused-ring (bicyclic) bond motifs is 1. The molecule has 37 heavy (non-hydrogen) atoms. The maximum atomic E-state index is 13.6. The summed E-state index contributed by atoms with van der Waals surface area (Å²) >= 11 is 0. The summed E-state index contributed by atoms with van der Waals surface area (Å²) in [4.78, 5) is 29.6. The van der Waals surface area contributed by atoms with E-state index in [0.29, 0.717) is 28.0 Å². The minimum absolute atomic E-state index is 0.189. The van der Waals surface area contributed by atoms with Gasteiger partial charge in [-0.2, -0.15) is 9.78 Å². The number of nitrogens with zero attached hydrogens (tertiary/aromatic N) is 3. The summed E-state index contributed by atoms with van der Waals surface area (Å²) in [7, 11) is 1.64. The van der Waals surface area contributed by atoms with E-state index in [1.54, 1.807) is 49.6 Å². The zero-order valence-electron chi connectivity index (χ0n) is 21.4. The van der Waals surface area contributed by atoms with Crippen LogP contribution in [0.15, 0.2) is 70.6 Å². The van der Waals surface area contributed by atoms with Gasteiger partial charge in [0.05, 0.1) is 24.2 Å². The molecule has 0 fully saturated rings. The van der Waals surface area contributed by atoms with Crippen LogP contribution >= 0.6 is 0 Å². The number of benzene rings is 3. The fraction of sp³-hybridized carbons (Fsp3) is 0.241. The van der Waals surface area contributed by atoms with E-state index >= 15 is 0 Å². The maximum absolute atomic E-state index is 13.6. The van der Waals surface area contributed by atoms with Crippen LogP contribution in [0.25, 0.3) is 22.3 Å². The highest BCUT2D eigenvalue weighted by atomic mass is 16.5. The molecule has 0 aliphatic heterocycles. The number of carboxylic acid groups (broad SMARTS) is 1. The molecule has 0 saturated heterocycles. The lowest BCUT2D eigenvalue weighted by molar-refractivity contribution is -0.144. The largest absolute Gasteiger partial charge is 0.496 e. The topological polar surface area (TPSA) is 103 Å². The lowest BCUT2D eigenvalue weighted by Crippen LogP contribution is -2.22. The van der Waals surface area contributed by atoms with Crippen molar-refractivity contribution in [3.05, 3.63) is 87.7 Å². The summed E-state index contributed by atoms with van der Waals surface area (Å²) in [5.41, 5.74) is 3.58. The van der Waals surface area contributed by atoms with Gasteiger partial charge in [-0.3, -0.25) is 4.79 Å². The SMILES string of the molecule is COc1cc(C)c(-c2nc3ccccc3c(=O)n2N=Cc2cccc(O[C@@H](C)C(=O)O)c2)cc1C(C)C. The zero-order chi connectivity index (χ0) is 26.7. The molecule has 1 atom stereocenters. The van der Waals surface area contributed by atoms with Crippen molar-refractivity contribution in [2.75, 3.05) is 7.11 Å². The van der Waals surface area contributed by atoms with Gasteiger partial charge >= 0.3 is 5.97 Å². The maximum Gasteiger partial charge on any atom is 0.344 e. The molecule has 1 N–H and O–H groups in total. The van der Waals surface area contributed by atoms with Crippen LogP contribution in [-0.4, -0.2) is 40.2 Å². The van der Waals surface area contributed by atoms with Crippen molar-refractivity contribution in [3.63, 3.8) is 0 Å². The summed E-state index contributed by atoms with van der Waals surface area (Å²) in [6.45, 7) is 7.56. The summed E-state index contributed by atoms with van der Waals surface area (Å²) in [5.74, 6) is 0.703. The van der Waals surface area contributed by atoms with Crippen LogP contribution in [-0.2, 0) is 4.79 Å². The van der Waals surface area contributed by atoms with Crippen molar-refractivity contribution in [1.82, 2.24) is 9.66 Å². The Bertz CT molecular complexity index is 1560. The smallest absolute Gasteiger partial charge is 0.344 e. The van der Waals surface area contributed by atoms with Crippen molar-refractivity contribution < 1.29 is 19.4 Å². The van der Waals surface area contributed by atoms with Crippen LogP contribution < -0.4 is 15.0 Å². The molecule has 3 aromatic carbocycles. The van der Waals surface area contributed by atoms with E-state index in [1.807, 2.05) is 25.1 Å². The van der Waals surface area contributed by atoms with E-state index in [0.717, 1.165) is 22.4 Å². The first-order chi connectivity index (χ1) is 17.7. The van der Waals surface area contributed by atoms with Crippen molar-refractivity contribution in [2.24, 2.45) is 5.10 Å². The van der Waals surface area contributed by atoms with E-state index in [-0.39, 0.29) is 11.5 Å². The molecular weight excluding hydrogens is 470 g/mol. The number of carbonyl (C=O) groups is 1. The van der Waals surface area contributed by atoms with Crippen LogP contribution in [0.5, 0.6) is 11.5 Å². The first kappa shape index (κ1) is 25.6. The Labute approximate surface area is 214 Å². The van der Waals surface area contributed by atoms with Crippen molar-refractivity contribution >= 4 is 23.1 Å². The minimum Gasteiger partial charge on any atom is -0.496 e. The third kappa shape index (κ3) is 5.38. The van der Waals surface area contributed by atoms with Crippen LogP contribution in [0.3, 0.4) is 0 Å². The van der Waals surface area contributed by atoms with Gasteiger partial charge in [-0.1, -0.05) is 38.1 Å². The zero-order valence-corrected chi connectivity index (χ0v) is 21.4. The van der Waals surface area contributed by atoms with E-state index in [9.17, 15) is 9.59 Å². The molecule has 0 unspecified atom stereocenters. The minimum atomic E-state index is -1.06. The number of aryl methyl sites for hydroxylation is 1. The van der Waals surface area contributed by atoms with Crippen molar-refractivity contribution in [2.45, 2.75) is 39.7 Å². The summed E-state index contributed by atoms with van der Waals surface area (Å²) < 4.78 is 12.4. The molecule has 1 heterocycles. The van der Waals surface area contributed by atoms with Crippen molar-refractivity contribution in [1.29, 1.82) is 0 Å². The lowest BCUT2D eigenvalue weighted by atomic mass is 9.96. The lowest BCUT2D eigenvalue weighted by Gasteiger charge is -2.17. The average molecular weight is 500 g/mol.